The summed E-state index contributed by atoms with van der Waals surface area (Å²) in [6, 6.07) is 31.3. The number of carbonyl (C=O) groups is 1. The number of nitriles is 1. The number of aryl methyl sites for hydroxylation is 1. The number of thioether (sulfide) groups is 1. The number of benzene rings is 3. The number of hydrogen-bond donors (Lipinski definition) is 1. The van der Waals surface area contributed by atoms with Gasteiger partial charge in [0.25, 0.3) is 0 Å². The molecule has 0 atom stereocenters. The van der Waals surface area contributed by atoms with Gasteiger partial charge < -0.3 is 4.42 Å². The molecule has 0 radical (unpaired) electrons. The van der Waals surface area contributed by atoms with Crippen LogP contribution in [0.15, 0.2) is 100 Å². The second-order valence-electron chi connectivity index (χ2n) is 7.99. The lowest BCUT2D eigenvalue weighted by atomic mass is 9.98. The summed E-state index contributed by atoms with van der Waals surface area (Å²) in [5, 5.41) is 14.7. The predicted molar refractivity (Wildman–Crippen MR) is 140 cm³/mol. The van der Waals surface area contributed by atoms with Crippen molar-refractivity contribution < 1.29 is 9.21 Å². The topological polar surface area (TPSA) is 78.9 Å². The van der Waals surface area contributed by atoms with Gasteiger partial charge in [0.05, 0.1) is 16.3 Å². The number of hydrogen-bond acceptors (Lipinski definition) is 5. The molecule has 5 aromatic rings. The lowest BCUT2D eigenvalue weighted by Gasteiger charge is -2.06. The van der Waals surface area contributed by atoms with E-state index < -0.39 is 0 Å². The molecule has 1 amide bonds. The van der Waals surface area contributed by atoms with Crippen LogP contribution in [0.25, 0.3) is 33.4 Å². The molecule has 0 aliphatic rings. The number of rotatable bonds is 6. The fourth-order valence-electron chi connectivity index (χ4n) is 3.99. The van der Waals surface area contributed by atoms with Gasteiger partial charge in [0.2, 0.25) is 11.8 Å². The molecular formula is C29H21N3O2S. The zero-order valence-corrected chi connectivity index (χ0v) is 19.8. The van der Waals surface area contributed by atoms with Crippen molar-refractivity contribution in [1.82, 2.24) is 4.98 Å². The molecule has 35 heavy (non-hydrogen) atoms. The molecule has 0 fully saturated rings. The Kier molecular flexibility index (Phi) is 6.34. The van der Waals surface area contributed by atoms with E-state index in [0.29, 0.717) is 16.9 Å². The number of para-hydroxylation sites is 1. The van der Waals surface area contributed by atoms with Crippen molar-refractivity contribution in [2.24, 2.45) is 0 Å². The molecule has 0 bridgehead atoms. The van der Waals surface area contributed by atoms with Gasteiger partial charge in [-0.3, -0.25) is 10.1 Å². The molecule has 6 heteroatoms. The molecule has 5 nitrogen and oxygen atoms in total. The molecule has 0 unspecified atom stereocenters. The van der Waals surface area contributed by atoms with E-state index in [1.165, 1.54) is 11.8 Å². The van der Waals surface area contributed by atoms with Crippen LogP contribution in [0.3, 0.4) is 0 Å². The van der Waals surface area contributed by atoms with E-state index in [9.17, 15) is 10.1 Å². The minimum Gasteiger partial charge on any atom is -0.438 e. The molecule has 2 heterocycles. The van der Waals surface area contributed by atoms with Crippen LogP contribution in [-0.4, -0.2) is 16.6 Å². The van der Waals surface area contributed by atoms with E-state index >= 15 is 0 Å². The number of nitrogens with zero attached hydrogens (tertiary/aromatic N) is 2. The summed E-state index contributed by atoms with van der Waals surface area (Å²) in [6.45, 7) is 2.03. The summed E-state index contributed by atoms with van der Waals surface area (Å²) in [7, 11) is 0. The molecule has 0 saturated carbocycles. The summed E-state index contributed by atoms with van der Waals surface area (Å²) >= 11 is 1.35. The van der Waals surface area contributed by atoms with E-state index in [4.69, 9.17) is 4.42 Å². The first-order valence-electron chi connectivity index (χ1n) is 11.1. The second-order valence-corrected chi connectivity index (χ2v) is 8.98. The van der Waals surface area contributed by atoms with Crippen LogP contribution in [0.5, 0.6) is 0 Å². The Morgan fingerprint density at radius 3 is 2.34 bits per heavy atom. The lowest BCUT2D eigenvalue weighted by molar-refractivity contribution is -0.113. The van der Waals surface area contributed by atoms with E-state index in [-0.39, 0.29) is 17.5 Å². The number of fused-ring (bicyclic) bond motifs is 1. The maximum Gasteiger partial charge on any atom is 0.237 e. The van der Waals surface area contributed by atoms with E-state index in [2.05, 4.69) is 16.4 Å². The number of carbonyl (C=O) groups excluding carboxylic acids is 1. The minimum absolute atomic E-state index is 0.137. The molecule has 5 rings (SSSR count). The van der Waals surface area contributed by atoms with Gasteiger partial charge >= 0.3 is 0 Å². The third-order valence-electron chi connectivity index (χ3n) is 5.62. The van der Waals surface area contributed by atoms with Gasteiger partial charge in [0.1, 0.15) is 17.4 Å². The first kappa shape index (κ1) is 22.5. The third kappa shape index (κ3) is 4.68. The summed E-state index contributed by atoms with van der Waals surface area (Å²) in [5.41, 5.74) is 4.64. The fraction of sp³-hybridized carbons (Fsp3) is 0.0690. The van der Waals surface area contributed by atoms with Crippen molar-refractivity contribution in [3.8, 4) is 28.5 Å². The van der Waals surface area contributed by atoms with Gasteiger partial charge in [-0.15, -0.1) is 0 Å². The van der Waals surface area contributed by atoms with Crippen LogP contribution in [0.1, 0.15) is 11.1 Å². The lowest BCUT2D eigenvalue weighted by Crippen LogP contribution is -2.14. The van der Waals surface area contributed by atoms with Crippen LogP contribution >= 0.6 is 11.8 Å². The van der Waals surface area contributed by atoms with Crippen LogP contribution in [0.2, 0.25) is 0 Å². The first-order valence-corrected chi connectivity index (χ1v) is 12.1. The Morgan fingerprint density at radius 2 is 1.63 bits per heavy atom. The van der Waals surface area contributed by atoms with Crippen molar-refractivity contribution >= 4 is 34.5 Å². The predicted octanol–water partition coefficient (Wildman–Crippen LogP) is 7.07. The Bertz CT molecular complexity index is 1550. The van der Waals surface area contributed by atoms with E-state index in [0.717, 1.165) is 32.6 Å². The van der Waals surface area contributed by atoms with Crippen molar-refractivity contribution in [1.29, 1.82) is 5.26 Å². The Labute approximate surface area is 207 Å². The number of pyridine rings is 1. The average Bonchev–Trinajstić information content (AvgIpc) is 3.26. The molecular weight excluding hydrogens is 454 g/mol. The highest BCUT2D eigenvalue weighted by molar-refractivity contribution is 7.99. The molecule has 0 saturated heterocycles. The van der Waals surface area contributed by atoms with Crippen molar-refractivity contribution in [3.63, 3.8) is 0 Å². The number of amides is 1. The number of furan rings is 1. The maximum absolute atomic E-state index is 12.9. The largest absolute Gasteiger partial charge is 0.438 e. The Morgan fingerprint density at radius 1 is 0.971 bits per heavy atom. The number of anilines is 1. The van der Waals surface area contributed by atoms with Crippen LogP contribution in [-0.2, 0) is 4.79 Å². The number of nitrogens with one attached hydrogen (secondary N) is 1. The monoisotopic (exact) mass is 475 g/mol. The number of aromatic nitrogens is 1. The van der Waals surface area contributed by atoms with Crippen LogP contribution in [0.4, 0.5) is 5.88 Å². The van der Waals surface area contributed by atoms with Gasteiger partial charge in [-0.1, -0.05) is 90.6 Å². The zero-order chi connectivity index (χ0) is 24.2. The molecule has 1 N–H and O–H groups in total. The fourth-order valence-corrected chi connectivity index (χ4v) is 4.77. The summed E-state index contributed by atoms with van der Waals surface area (Å²) in [4.78, 5) is 17.5. The van der Waals surface area contributed by atoms with Crippen molar-refractivity contribution in [2.45, 2.75) is 11.9 Å². The van der Waals surface area contributed by atoms with Gasteiger partial charge in [-0.25, -0.2) is 4.98 Å². The van der Waals surface area contributed by atoms with Crippen LogP contribution < -0.4 is 5.32 Å². The molecule has 3 aromatic carbocycles. The normalized spacial score (nSPS) is 10.7. The highest BCUT2D eigenvalue weighted by atomic mass is 32.2. The van der Waals surface area contributed by atoms with Gasteiger partial charge in [-0.2, -0.15) is 5.26 Å². The maximum atomic E-state index is 12.9. The molecule has 0 aliphatic carbocycles. The highest BCUT2D eigenvalue weighted by Crippen LogP contribution is 2.41. The average molecular weight is 476 g/mol. The van der Waals surface area contributed by atoms with Crippen molar-refractivity contribution in [3.05, 3.63) is 102 Å². The molecule has 170 valence electrons. The smallest absolute Gasteiger partial charge is 0.237 e. The quantitative estimate of drug-likeness (QED) is 0.266. The van der Waals surface area contributed by atoms with E-state index in [1.54, 1.807) is 0 Å². The third-order valence-corrected chi connectivity index (χ3v) is 6.53. The molecule has 0 aliphatic heterocycles. The standard InChI is InChI=1S/C29H21N3O2S/c1-19-16-26(31-24-15-9-8-14-22(19)24)35-18-25(33)32-29-23(17-30)27(20-10-4-2-5-11-20)28(34-29)21-12-6-3-7-13-21/h2-16H,18H2,1H3,(H,32,33). The Balaban J connectivity index is 1.43. The van der Waals surface area contributed by atoms with Gasteiger partial charge in [0.15, 0.2) is 0 Å². The summed E-state index contributed by atoms with van der Waals surface area (Å²) < 4.78 is 6.10. The first-order chi connectivity index (χ1) is 17.1. The zero-order valence-electron chi connectivity index (χ0n) is 19.0. The Hall–Kier alpha value is -4.34. The summed E-state index contributed by atoms with van der Waals surface area (Å²) in [5.74, 6) is 0.561. The second kappa shape index (κ2) is 9.88. The van der Waals surface area contributed by atoms with Gasteiger partial charge in [0, 0.05) is 16.5 Å². The van der Waals surface area contributed by atoms with Crippen molar-refractivity contribution in [2.75, 3.05) is 11.1 Å². The van der Waals surface area contributed by atoms with E-state index in [1.807, 2.05) is 97.9 Å². The highest BCUT2D eigenvalue weighted by Gasteiger charge is 2.24. The summed E-state index contributed by atoms with van der Waals surface area (Å²) in [6.07, 6.45) is 0. The minimum atomic E-state index is -0.271. The SMILES string of the molecule is Cc1cc(SCC(=O)Nc2oc(-c3ccccc3)c(-c3ccccc3)c2C#N)nc2ccccc12. The van der Waals surface area contributed by atoms with Gasteiger partial charge in [-0.05, 0) is 30.2 Å². The molecule has 0 spiro atoms. The van der Waals surface area contributed by atoms with Crippen LogP contribution in [0, 0.1) is 18.3 Å². The molecule has 2 aromatic heterocycles.